The Morgan fingerprint density at radius 1 is 1.64 bits per heavy atom. The average molecular weight is 214 g/mol. The Morgan fingerprint density at radius 2 is 2.43 bits per heavy atom. The van der Waals surface area contributed by atoms with Gasteiger partial charge in [0.1, 0.15) is 11.0 Å². The molecule has 0 bridgehead atoms. The van der Waals surface area contributed by atoms with Crippen LogP contribution >= 0.6 is 11.6 Å². The zero-order valence-corrected chi connectivity index (χ0v) is 8.75. The van der Waals surface area contributed by atoms with Crippen LogP contribution in [0.1, 0.15) is 31.3 Å². The molecule has 0 radical (unpaired) electrons. The minimum Gasteiger partial charge on any atom is -0.344 e. The van der Waals surface area contributed by atoms with Crippen molar-refractivity contribution < 1.29 is 0 Å². The molecule has 0 aliphatic heterocycles. The van der Waals surface area contributed by atoms with Crippen LogP contribution in [-0.4, -0.2) is 9.97 Å². The van der Waals surface area contributed by atoms with Gasteiger partial charge in [-0.25, -0.2) is 4.98 Å². The van der Waals surface area contributed by atoms with Gasteiger partial charge in [-0.1, -0.05) is 30.1 Å². The van der Waals surface area contributed by atoms with Gasteiger partial charge in [-0.05, 0) is 12.0 Å². The number of aromatic amines is 1. The van der Waals surface area contributed by atoms with Gasteiger partial charge < -0.3 is 4.98 Å². The van der Waals surface area contributed by atoms with Crippen molar-refractivity contribution in [2.24, 2.45) is 5.11 Å². The predicted octanol–water partition coefficient (Wildman–Crippen LogP) is 3.22. The van der Waals surface area contributed by atoms with Gasteiger partial charge in [0.25, 0.3) is 0 Å². The van der Waals surface area contributed by atoms with E-state index in [2.05, 4.69) is 26.9 Å². The van der Waals surface area contributed by atoms with Gasteiger partial charge >= 0.3 is 0 Å². The fourth-order valence-corrected chi connectivity index (χ4v) is 1.32. The number of unbranched alkanes of at least 4 members (excludes halogenated alkanes) is 1. The third kappa shape index (κ3) is 2.94. The van der Waals surface area contributed by atoms with Crippen LogP contribution in [-0.2, 0) is 13.0 Å². The van der Waals surface area contributed by atoms with Gasteiger partial charge in [-0.15, -0.1) is 0 Å². The molecule has 14 heavy (non-hydrogen) atoms. The van der Waals surface area contributed by atoms with Crippen LogP contribution in [0.4, 0.5) is 0 Å². The minimum absolute atomic E-state index is 0.231. The molecule has 1 aromatic rings. The van der Waals surface area contributed by atoms with Gasteiger partial charge in [0, 0.05) is 11.3 Å². The van der Waals surface area contributed by atoms with E-state index in [0.29, 0.717) is 10.8 Å². The molecule has 1 heterocycles. The van der Waals surface area contributed by atoms with Crippen LogP contribution in [0.3, 0.4) is 0 Å². The third-order valence-electron chi connectivity index (χ3n) is 1.84. The second-order valence-electron chi connectivity index (χ2n) is 2.95. The molecule has 1 aromatic heterocycles. The number of halogens is 1. The highest BCUT2D eigenvalue weighted by molar-refractivity contribution is 6.30. The highest BCUT2D eigenvalue weighted by atomic mass is 35.5. The first-order chi connectivity index (χ1) is 6.77. The molecule has 76 valence electrons. The molecule has 0 saturated heterocycles. The maximum absolute atomic E-state index is 8.15. The lowest BCUT2D eigenvalue weighted by atomic mass is 10.2. The molecule has 1 N–H and O–H groups in total. The number of aromatic nitrogens is 2. The van der Waals surface area contributed by atoms with Crippen molar-refractivity contribution in [2.75, 3.05) is 0 Å². The van der Waals surface area contributed by atoms with Gasteiger partial charge in [0.05, 0.1) is 12.2 Å². The van der Waals surface area contributed by atoms with E-state index in [1.165, 1.54) is 0 Å². The topological polar surface area (TPSA) is 77.4 Å². The van der Waals surface area contributed by atoms with E-state index in [9.17, 15) is 0 Å². The van der Waals surface area contributed by atoms with Crippen LogP contribution in [0.15, 0.2) is 5.11 Å². The Kier molecular flexibility index (Phi) is 4.29. The number of aryl methyl sites for hydroxylation is 1. The lowest BCUT2D eigenvalue weighted by Gasteiger charge is -1.92. The summed E-state index contributed by atoms with van der Waals surface area (Å²) in [5.41, 5.74) is 8.84. The maximum atomic E-state index is 8.15. The molecule has 0 aliphatic rings. The summed E-state index contributed by atoms with van der Waals surface area (Å²) in [6.45, 7) is 2.35. The molecule has 0 saturated carbocycles. The zero-order valence-electron chi connectivity index (χ0n) is 8.00. The SMILES string of the molecule is CCCCc1nc(Cl)c(CN=[N+]=[N-])[nH]1. The van der Waals surface area contributed by atoms with Crippen molar-refractivity contribution >= 4 is 11.6 Å². The summed E-state index contributed by atoms with van der Waals surface area (Å²) in [5.74, 6) is 0.861. The zero-order chi connectivity index (χ0) is 10.4. The first kappa shape index (κ1) is 10.9. The molecule has 0 fully saturated rings. The predicted molar refractivity (Wildman–Crippen MR) is 55.1 cm³/mol. The first-order valence-electron chi connectivity index (χ1n) is 4.52. The van der Waals surface area contributed by atoms with Gasteiger partial charge in [0.2, 0.25) is 0 Å². The Hall–Kier alpha value is -1.19. The van der Waals surface area contributed by atoms with Crippen molar-refractivity contribution in [3.63, 3.8) is 0 Å². The molecule has 0 aliphatic carbocycles. The van der Waals surface area contributed by atoms with E-state index in [4.69, 9.17) is 17.1 Å². The van der Waals surface area contributed by atoms with Crippen LogP contribution in [0.2, 0.25) is 5.15 Å². The van der Waals surface area contributed by atoms with Crippen molar-refractivity contribution in [3.05, 3.63) is 27.1 Å². The number of hydrogen-bond acceptors (Lipinski definition) is 2. The maximum Gasteiger partial charge on any atom is 0.150 e. The highest BCUT2D eigenvalue weighted by Gasteiger charge is 2.06. The summed E-state index contributed by atoms with van der Waals surface area (Å²) in [7, 11) is 0. The van der Waals surface area contributed by atoms with E-state index in [0.717, 1.165) is 25.1 Å². The standard InChI is InChI=1S/C8H12ClN5/c1-2-3-4-7-12-6(5-11-14-10)8(9)13-7/h2-5H2,1H3,(H,12,13). The normalized spacial score (nSPS) is 9.86. The fourth-order valence-electron chi connectivity index (χ4n) is 1.11. The lowest BCUT2D eigenvalue weighted by molar-refractivity contribution is 0.759. The average Bonchev–Trinajstić information content (AvgIpc) is 2.53. The summed E-state index contributed by atoms with van der Waals surface area (Å²) in [6, 6.07) is 0. The molecule has 0 aromatic carbocycles. The van der Waals surface area contributed by atoms with E-state index in [1.54, 1.807) is 0 Å². The molecule has 0 atom stereocenters. The number of nitrogens with one attached hydrogen (secondary N) is 1. The Balaban J connectivity index is 2.66. The Morgan fingerprint density at radius 3 is 3.07 bits per heavy atom. The van der Waals surface area contributed by atoms with Crippen LogP contribution in [0, 0.1) is 0 Å². The monoisotopic (exact) mass is 213 g/mol. The lowest BCUT2D eigenvalue weighted by Crippen LogP contribution is -1.87. The summed E-state index contributed by atoms with van der Waals surface area (Å²) in [6.07, 6.45) is 3.07. The molecule has 0 amide bonds. The molecule has 0 unspecified atom stereocenters. The number of nitrogens with zero attached hydrogens (tertiary/aromatic N) is 4. The van der Waals surface area contributed by atoms with Gasteiger partial charge in [-0.2, -0.15) is 0 Å². The van der Waals surface area contributed by atoms with Crippen LogP contribution < -0.4 is 0 Å². The van der Waals surface area contributed by atoms with Crippen molar-refractivity contribution in [2.45, 2.75) is 32.7 Å². The number of azide groups is 1. The Bertz CT molecular complexity index is 340. The molecular weight excluding hydrogens is 202 g/mol. The molecule has 6 heteroatoms. The quantitative estimate of drug-likeness (QED) is 0.455. The molecular formula is C8H12ClN5. The van der Waals surface area contributed by atoms with Crippen molar-refractivity contribution in [3.8, 4) is 0 Å². The van der Waals surface area contributed by atoms with E-state index in [-0.39, 0.29) is 6.54 Å². The van der Waals surface area contributed by atoms with Crippen molar-refractivity contribution in [1.29, 1.82) is 0 Å². The highest BCUT2D eigenvalue weighted by Crippen LogP contribution is 2.14. The van der Waals surface area contributed by atoms with Crippen LogP contribution in [0.5, 0.6) is 0 Å². The molecule has 0 spiro atoms. The molecule has 5 nitrogen and oxygen atoms in total. The van der Waals surface area contributed by atoms with E-state index in [1.807, 2.05) is 0 Å². The number of H-pyrrole nitrogens is 1. The second kappa shape index (κ2) is 5.52. The summed E-state index contributed by atoms with van der Waals surface area (Å²) in [4.78, 5) is 9.83. The summed E-state index contributed by atoms with van der Waals surface area (Å²) >= 11 is 5.83. The largest absolute Gasteiger partial charge is 0.344 e. The van der Waals surface area contributed by atoms with Crippen LogP contribution in [0.25, 0.3) is 10.4 Å². The summed E-state index contributed by atoms with van der Waals surface area (Å²) < 4.78 is 0. The Labute approximate surface area is 87.1 Å². The van der Waals surface area contributed by atoms with Gasteiger partial charge in [0.15, 0.2) is 0 Å². The number of rotatable bonds is 5. The smallest absolute Gasteiger partial charge is 0.150 e. The molecule has 1 rings (SSSR count). The second-order valence-corrected chi connectivity index (χ2v) is 3.30. The fraction of sp³-hybridized carbons (Fsp3) is 0.625. The third-order valence-corrected chi connectivity index (χ3v) is 2.15. The van der Waals surface area contributed by atoms with Gasteiger partial charge in [-0.3, -0.25) is 0 Å². The number of hydrogen-bond donors (Lipinski definition) is 1. The van der Waals surface area contributed by atoms with E-state index >= 15 is 0 Å². The first-order valence-corrected chi connectivity index (χ1v) is 4.89. The number of imidazole rings is 1. The van der Waals surface area contributed by atoms with E-state index < -0.39 is 0 Å². The summed E-state index contributed by atoms with van der Waals surface area (Å²) in [5, 5.41) is 3.83. The minimum atomic E-state index is 0.231. The van der Waals surface area contributed by atoms with Crippen molar-refractivity contribution in [1.82, 2.24) is 9.97 Å².